The van der Waals surface area contributed by atoms with Gasteiger partial charge in [0.25, 0.3) is 5.91 Å². The molecule has 2 N–H and O–H groups in total. The Morgan fingerprint density at radius 3 is 3.00 bits per heavy atom. The lowest BCUT2D eigenvalue weighted by Crippen LogP contribution is -2.42. The molecule has 0 bridgehead atoms. The van der Waals surface area contributed by atoms with Gasteiger partial charge in [0.2, 0.25) is 0 Å². The number of nitrogens with zero attached hydrogens (tertiary/aromatic N) is 2. The fourth-order valence-electron chi connectivity index (χ4n) is 2.75. The molecule has 21 heavy (non-hydrogen) atoms. The highest BCUT2D eigenvalue weighted by Crippen LogP contribution is 2.32. The van der Waals surface area contributed by atoms with Crippen LogP contribution < -0.4 is 10.6 Å². The number of benzene rings is 1. The molecule has 0 saturated heterocycles. The van der Waals surface area contributed by atoms with Gasteiger partial charge in [-0.15, -0.1) is 0 Å². The summed E-state index contributed by atoms with van der Waals surface area (Å²) in [6.07, 6.45) is 3.33. The maximum atomic E-state index is 12.9. The Morgan fingerprint density at radius 1 is 1.43 bits per heavy atom. The van der Waals surface area contributed by atoms with E-state index in [1.165, 1.54) is 17.8 Å². The minimum Gasteiger partial charge on any atom is -0.384 e. The van der Waals surface area contributed by atoms with E-state index in [2.05, 4.69) is 11.1 Å². The van der Waals surface area contributed by atoms with Crippen molar-refractivity contribution in [1.29, 1.82) is 0 Å². The van der Waals surface area contributed by atoms with Crippen molar-refractivity contribution in [3.63, 3.8) is 0 Å². The zero-order valence-electron chi connectivity index (χ0n) is 11.7. The van der Waals surface area contributed by atoms with Gasteiger partial charge in [-0.2, -0.15) is 0 Å². The maximum Gasteiger partial charge on any atom is 0.260 e. The number of halogens is 1. The summed E-state index contributed by atoms with van der Waals surface area (Å²) in [5.41, 5.74) is 8.21. The number of hydrogen-bond donors (Lipinski definition) is 1. The monoisotopic (exact) mass is 301 g/mol. The topological polar surface area (TPSA) is 59.2 Å². The van der Waals surface area contributed by atoms with Crippen molar-refractivity contribution in [2.24, 2.45) is 0 Å². The number of carbonyl (C=O) groups excluding carboxylic acids is 1. The molecule has 1 atom stereocenters. The van der Waals surface area contributed by atoms with Crippen LogP contribution in [0.25, 0.3) is 0 Å². The van der Waals surface area contributed by atoms with Crippen LogP contribution in [0, 0.1) is 0 Å². The van der Waals surface area contributed by atoms with E-state index in [0.29, 0.717) is 16.4 Å². The van der Waals surface area contributed by atoms with Gasteiger partial charge in [0, 0.05) is 17.9 Å². The molecular weight excluding hydrogens is 286 g/mol. The van der Waals surface area contributed by atoms with Gasteiger partial charge in [-0.25, -0.2) is 4.98 Å². The lowest BCUT2D eigenvalue weighted by atomic mass is 9.96. The summed E-state index contributed by atoms with van der Waals surface area (Å²) >= 11 is 6.12. The number of nitrogen functional groups attached to an aromatic ring is 1. The van der Waals surface area contributed by atoms with Gasteiger partial charge in [0.05, 0.1) is 10.6 Å². The second-order valence-electron chi connectivity index (χ2n) is 5.28. The number of fused-ring (bicyclic) bond motifs is 1. The summed E-state index contributed by atoms with van der Waals surface area (Å²) in [5, 5.41) is 0.324. The van der Waals surface area contributed by atoms with Crippen molar-refractivity contribution >= 4 is 29.0 Å². The van der Waals surface area contributed by atoms with Crippen LogP contribution in [-0.4, -0.2) is 16.9 Å². The number of amides is 1. The van der Waals surface area contributed by atoms with Gasteiger partial charge in [0.15, 0.2) is 0 Å². The SMILES string of the molecule is CC1CCc2ccccc2N1C(=O)c1cc(N)ncc1Cl. The molecule has 3 rings (SSSR count). The maximum absolute atomic E-state index is 12.9. The predicted molar refractivity (Wildman–Crippen MR) is 84.7 cm³/mol. The average molecular weight is 302 g/mol. The minimum absolute atomic E-state index is 0.123. The van der Waals surface area contributed by atoms with Crippen LogP contribution in [0.1, 0.15) is 29.3 Å². The van der Waals surface area contributed by atoms with E-state index in [4.69, 9.17) is 17.3 Å². The van der Waals surface area contributed by atoms with Crippen molar-refractivity contribution in [3.05, 3.63) is 52.7 Å². The van der Waals surface area contributed by atoms with Crippen molar-refractivity contribution < 1.29 is 4.79 Å². The fraction of sp³-hybridized carbons (Fsp3) is 0.250. The van der Waals surface area contributed by atoms with Crippen molar-refractivity contribution in [1.82, 2.24) is 4.98 Å². The third-order valence-corrected chi connectivity index (χ3v) is 4.15. The molecule has 5 heteroatoms. The Kier molecular flexibility index (Phi) is 3.55. The highest BCUT2D eigenvalue weighted by molar-refractivity contribution is 6.34. The number of nitrogens with two attached hydrogens (primary N) is 1. The van der Waals surface area contributed by atoms with Gasteiger partial charge in [-0.05, 0) is 37.5 Å². The highest BCUT2D eigenvalue weighted by Gasteiger charge is 2.29. The molecule has 0 saturated carbocycles. The van der Waals surface area contributed by atoms with Gasteiger partial charge < -0.3 is 10.6 Å². The smallest absolute Gasteiger partial charge is 0.260 e. The molecule has 1 aliphatic heterocycles. The summed E-state index contributed by atoms with van der Waals surface area (Å²) in [4.78, 5) is 18.6. The zero-order valence-corrected chi connectivity index (χ0v) is 12.5. The van der Waals surface area contributed by atoms with Crippen LogP contribution in [-0.2, 0) is 6.42 Å². The van der Waals surface area contributed by atoms with Crippen molar-refractivity contribution in [3.8, 4) is 0 Å². The number of anilines is 2. The predicted octanol–water partition coefficient (Wildman–Crippen LogP) is 3.30. The van der Waals surface area contributed by atoms with Gasteiger partial charge in [0.1, 0.15) is 5.82 Å². The van der Waals surface area contributed by atoms with Gasteiger partial charge in [-0.3, -0.25) is 4.79 Å². The number of para-hydroxylation sites is 1. The fourth-order valence-corrected chi connectivity index (χ4v) is 2.93. The Labute approximate surface area is 128 Å². The molecule has 0 radical (unpaired) electrons. The molecule has 0 fully saturated rings. The minimum atomic E-state index is -0.131. The van der Waals surface area contributed by atoms with Crippen LogP contribution in [0.2, 0.25) is 5.02 Å². The Balaban J connectivity index is 2.07. The molecule has 2 aromatic rings. The molecule has 2 heterocycles. The van der Waals surface area contributed by atoms with Crippen molar-refractivity contribution in [2.75, 3.05) is 10.6 Å². The number of carbonyl (C=O) groups is 1. The van der Waals surface area contributed by atoms with E-state index < -0.39 is 0 Å². The normalized spacial score (nSPS) is 17.4. The standard InChI is InChI=1S/C16H16ClN3O/c1-10-6-7-11-4-2-3-5-14(11)20(10)16(21)12-8-15(18)19-9-13(12)17/h2-5,8-10H,6-7H2,1H3,(H2,18,19). The van der Waals surface area contributed by atoms with Crippen LogP contribution in [0.15, 0.2) is 36.5 Å². The molecule has 1 aromatic carbocycles. The lowest BCUT2D eigenvalue weighted by Gasteiger charge is -2.35. The molecule has 4 nitrogen and oxygen atoms in total. The Bertz CT molecular complexity index is 702. The largest absolute Gasteiger partial charge is 0.384 e. The van der Waals surface area contributed by atoms with Crippen LogP contribution >= 0.6 is 11.6 Å². The van der Waals surface area contributed by atoms with E-state index in [1.54, 1.807) is 4.90 Å². The quantitative estimate of drug-likeness (QED) is 0.879. The third-order valence-electron chi connectivity index (χ3n) is 3.85. The molecule has 1 aliphatic rings. The summed E-state index contributed by atoms with van der Waals surface area (Å²) in [5.74, 6) is 0.162. The van der Waals surface area contributed by atoms with Crippen molar-refractivity contribution in [2.45, 2.75) is 25.8 Å². The van der Waals surface area contributed by atoms with E-state index in [-0.39, 0.29) is 11.9 Å². The molecule has 0 aliphatic carbocycles. The van der Waals surface area contributed by atoms with Crippen LogP contribution in [0.3, 0.4) is 0 Å². The number of rotatable bonds is 1. The summed E-state index contributed by atoms with van der Waals surface area (Å²) < 4.78 is 0. The molecule has 1 amide bonds. The first-order valence-electron chi connectivity index (χ1n) is 6.90. The van der Waals surface area contributed by atoms with E-state index >= 15 is 0 Å². The third kappa shape index (κ3) is 2.47. The second kappa shape index (κ2) is 5.37. The molecule has 1 aromatic heterocycles. The molecule has 1 unspecified atom stereocenters. The van der Waals surface area contributed by atoms with Gasteiger partial charge in [-0.1, -0.05) is 29.8 Å². The average Bonchev–Trinajstić information content (AvgIpc) is 2.49. The summed E-state index contributed by atoms with van der Waals surface area (Å²) in [7, 11) is 0. The number of aryl methyl sites for hydroxylation is 1. The number of aromatic nitrogens is 1. The number of pyridine rings is 1. The van der Waals surface area contributed by atoms with E-state index in [1.807, 2.05) is 25.1 Å². The van der Waals surface area contributed by atoms with E-state index in [0.717, 1.165) is 18.5 Å². The molecular formula is C16H16ClN3O. The number of hydrogen-bond acceptors (Lipinski definition) is 3. The lowest BCUT2D eigenvalue weighted by molar-refractivity contribution is 0.0975. The van der Waals surface area contributed by atoms with Gasteiger partial charge >= 0.3 is 0 Å². The van der Waals surface area contributed by atoms with Crippen LogP contribution in [0.4, 0.5) is 11.5 Å². The first-order chi connectivity index (χ1) is 10.1. The van der Waals surface area contributed by atoms with E-state index in [9.17, 15) is 4.79 Å². The zero-order chi connectivity index (χ0) is 15.0. The highest BCUT2D eigenvalue weighted by atomic mass is 35.5. The molecule has 108 valence electrons. The molecule has 0 spiro atoms. The summed E-state index contributed by atoms with van der Waals surface area (Å²) in [6, 6.07) is 9.63. The Morgan fingerprint density at radius 2 is 2.19 bits per heavy atom. The van der Waals surface area contributed by atoms with Crippen LogP contribution in [0.5, 0.6) is 0 Å². The summed E-state index contributed by atoms with van der Waals surface area (Å²) in [6.45, 7) is 2.05. The Hall–Kier alpha value is -2.07. The first-order valence-corrected chi connectivity index (χ1v) is 7.28. The second-order valence-corrected chi connectivity index (χ2v) is 5.69. The first kappa shape index (κ1) is 13.9.